The van der Waals surface area contributed by atoms with E-state index in [1.165, 1.54) is 0 Å². The van der Waals surface area contributed by atoms with Gasteiger partial charge in [0.05, 0.1) is 13.2 Å². The lowest BCUT2D eigenvalue weighted by Crippen LogP contribution is -2.08. The third-order valence-electron chi connectivity index (χ3n) is 2.74. The van der Waals surface area contributed by atoms with Crippen LogP contribution >= 0.6 is 0 Å². The van der Waals surface area contributed by atoms with Crippen molar-refractivity contribution >= 4 is 0 Å². The highest BCUT2D eigenvalue weighted by Crippen LogP contribution is 2.07. The molecular formula is C16H21NO4. The van der Waals surface area contributed by atoms with Crippen LogP contribution < -0.4 is 4.74 Å². The Balaban J connectivity index is 1.40. The fourth-order valence-electron chi connectivity index (χ4n) is 1.76. The molecule has 0 saturated heterocycles. The van der Waals surface area contributed by atoms with Crippen molar-refractivity contribution in [2.75, 3.05) is 26.4 Å². The van der Waals surface area contributed by atoms with Gasteiger partial charge in [-0.15, -0.1) is 0 Å². The van der Waals surface area contributed by atoms with Crippen LogP contribution in [0.25, 0.3) is 0 Å². The van der Waals surface area contributed by atoms with Crippen molar-refractivity contribution in [3.63, 3.8) is 0 Å². The molecule has 2 aromatic rings. The first-order chi connectivity index (χ1) is 10.3. The Morgan fingerprint density at radius 1 is 1.00 bits per heavy atom. The van der Waals surface area contributed by atoms with Crippen LogP contribution in [0, 0.1) is 6.92 Å². The largest absolute Gasteiger partial charge is 0.491 e. The van der Waals surface area contributed by atoms with Gasteiger partial charge in [-0.25, -0.2) is 0 Å². The lowest BCUT2D eigenvalue weighted by Gasteiger charge is -2.07. The zero-order chi connectivity index (χ0) is 14.8. The van der Waals surface area contributed by atoms with Crippen molar-refractivity contribution < 1.29 is 18.7 Å². The van der Waals surface area contributed by atoms with E-state index in [1.54, 1.807) is 0 Å². The van der Waals surface area contributed by atoms with Crippen LogP contribution in [0.1, 0.15) is 17.9 Å². The molecule has 0 aliphatic rings. The molecule has 5 nitrogen and oxygen atoms in total. The van der Waals surface area contributed by atoms with Gasteiger partial charge in [0, 0.05) is 19.3 Å². The Morgan fingerprint density at radius 3 is 2.57 bits per heavy atom. The lowest BCUT2D eigenvalue weighted by atomic mass is 10.3. The van der Waals surface area contributed by atoms with E-state index in [0.717, 1.165) is 23.6 Å². The summed E-state index contributed by atoms with van der Waals surface area (Å²) in [5, 5.41) is 3.86. The molecule has 0 saturated carbocycles. The summed E-state index contributed by atoms with van der Waals surface area (Å²) in [7, 11) is 0. The number of benzene rings is 1. The molecule has 21 heavy (non-hydrogen) atoms. The SMILES string of the molecule is Cc1cc(COCCCOCCOc2ccccc2)no1. The molecule has 1 heterocycles. The minimum atomic E-state index is 0.481. The van der Waals surface area contributed by atoms with Crippen LogP contribution in [-0.4, -0.2) is 31.6 Å². The molecule has 1 aromatic heterocycles. The topological polar surface area (TPSA) is 53.7 Å². The number of hydrogen-bond acceptors (Lipinski definition) is 5. The van der Waals surface area contributed by atoms with Gasteiger partial charge in [-0.1, -0.05) is 23.4 Å². The van der Waals surface area contributed by atoms with E-state index >= 15 is 0 Å². The maximum Gasteiger partial charge on any atom is 0.134 e. The summed E-state index contributed by atoms with van der Waals surface area (Å²) >= 11 is 0. The average Bonchev–Trinajstić information content (AvgIpc) is 2.92. The summed E-state index contributed by atoms with van der Waals surface area (Å²) in [5.41, 5.74) is 0.824. The van der Waals surface area contributed by atoms with E-state index in [1.807, 2.05) is 43.3 Å². The number of rotatable bonds is 10. The van der Waals surface area contributed by atoms with E-state index in [9.17, 15) is 0 Å². The second-order valence-electron chi connectivity index (χ2n) is 4.61. The quantitative estimate of drug-likeness (QED) is 0.630. The van der Waals surface area contributed by atoms with Crippen LogP contribution in [0.4, 0.5) is 0 Å². The van der Waals surface area contributed by atoms with E-state index in [0.29, 0.717) is 33.0 Å². The number of aromatic nitrogens is 1. The molecule has 0 N–H and O–H groups in total. The predicted molar refractivity (Wildman–Crippen MR) is 78.3 cm³/mol. The third-order valence-corrected chi connectivity index (χ3v) is 2.74. The smallest absolute Gasteiger partial charge is 0.134 e. The van der Waals surface area contributed by atoms with Crippen LogP contribution in [0.3, 0.4) is 0 Å². The van der Waals surface area contributed by atoms with Crippen molar-refractivity contribution in [2.45, 2.75) is 20.0 Å². The van der Waals surface area contributed by atoms with Crippen molar-refractivity contribution in [2.24, 2.45) is 0 Å². The number of aryl methyl sites for hydroxylation is 1. The highest BCUT2D eigenvalue weighted by molar-refractivity contribution is 5.20. The molecule has 0 fully saturated rings. The fourth-order valence-corrected chi connectivity index (χ4v) is 1.76. The van der Waals surface area contributed by atoms with Gasteiger partial charge >= 0.3 is 0 Å². The third kappa shape index (κ3) is 6.42. The first kappa shape index (κ1) is 15.5. The van der Waals surface area contributed by atoms with Crippen LogP contribution in [0.2, 0.25) is 0 Å². The van der Waals surface area contributed by atoms with Gasteiger partial charge in [0.15, 0.2) is 0 Å². The standard InChI is InChI=1S/C16H21NO4/c1-14-12-15(17-21-14)13-19-9-5-8-18-10-11-20-16-6-3-2-4-7-16/h2-4,6-7,12H,5,8-11,13H2,1H3. The van der Waals surface area contributed by atoms with Gasteiger partial charge in [0.1, 0.15) is 23.8 Å². The molecule has 0 atom stereocenters. The van der Waals surface area contributed by atoms with Crippen molar-refractivity contribution in [3.8, 4) is 5.75 Å². The minimum Gasteiger partial charge on any atom is -0.491 e. The maximum atomic E-state index is 5.52. The summed E-state index contributed by atoms with van der Waals surface area (Å²) in [6.07, 6.45) is 0.849. The predicted octanol–water partition coefficient (Wildman–Crippen LogP) is 2.99. The molecule has 0 bridgehead atoms. The van der Waals surface area contributed by atoms with Crippen molar-refractivity contribution in [3.05, 3.63) is 47.9 Å². The van der Waals surface area contributed by atoms with E-state index in [-0.39, 0.29) is 0 Å². The molecule has 0 spiro atoms. The molecular weight excluding hydrogens is 270 g/mol. The minimum absolute atomic E-state index is 0.481. The second kappa shape index (κ2) is 9.15. The Hall–Kier alpha value is -1.85. The number of nitrogens with zero attached hydrogens (tertiary/aromatic N) is 1. The first-order valence-electron chi connectivity index (χ1n) is 7.10. The molecule has 0 unspecified atom stereocenters. The van der Waals surface area contributed by atoms with Crippen molar-refractivity contribution in [1.82, 2.24) is 5.16 Å². The Bertz CT molecular complexity index is 498. The van der Waals surface area contributed by atoms with Crippen molar-refractivity contribution in [1.29, 1.82) is 0 Å². The van der Waals surface area contributed by atoms with E-state index in [2.05, 4.69) is 5.16 Å². The van der Waals surface area contributed by atoms with Gasteiger partial charge in [-0.3, -0.25) is 0 Å². The zero-order valence-corrected chi connectivity index (χ0v) is 12.3. The maximum absolute atomic E-state index is 5.52. The molecule has 0 aliphatic carbocycles. The van der Waals surface area contributed by atoms with Gasteiger partial charge in [-0.2, -0.15) is 0 Å². The second-order valence-corrected chi connectivity index (χ2v) is 4.61. The van der Waals surface area contributed by atoms with E-state index in [4.69, 9.17) is 18.7 Å². The Morgan fingerprint density at radius 2 is 1.81 bits per heavy atom. The first-order valence-corrected chi connectivity index (χ1v) is 7.10. The monoisotopic (exact) mass is 291 g/mol. The van der Waals surface area contributed by atoms with Gasteiger partial charge in [-0.05, 0) is 25.5 Å². The van der Waals surface area contributed by atoms with Gasteiger partial charge < -0.3 is 18.7 Å². The molecule has 2 rings (SSSR count). The molecule has 0 radical (unpaired) electrons. The molecule has 114 valence electrons. The highest BCUT2D eigenvalue weighted by Gasteiger charge is 1.99. The highest BCUT2D eigenvalue weighted by atomic mass is 16.5. The molecule has 5 heteroatoms. The summed E-state index contributed by atoms with van der Waals surface area (Å²) in [6, 6.07) is 11.6. The summed E-state index contributed by atoms with van der Waals surface area (Å²) in [5.74, 6) is 1.67. The zero-order valence-electron chi connectivity index (χ0n) is 12.3. The van der Waals surface area contributed by atoms with Gasteiger partial charge in [0.25, 0.3) is 0 Å². The van der Waals surface area contributed by atoms with Crippen LogP contribution in [-0.2, 0) is 16.1 Å². The van der Waals surface area contributed by atoms with E-state index < -0.39 is 0 Å². The Labute approximate surface area is 124 Å². The normalized spacial score (nSPS) is 10.7. The van der Waals surface area contributed by atoms with Crippen LogP contribution in [0.15, 0.2) is 40.9 Å². The van der Waals surface area contributed by atoms with Crippen LogP contribution in [0.5, 0.6) is 5.75 Å². The summed E-state index contributed by atoms with van der Waals surface area (Å²) in [6.45, 7) is 4.79. The average molecular weight is 291 g/mol. The number of para-hydroxylation sites is 1. The number of hydrogen-bond donors (Lipinski definition) is 0. The molecule has 0 aliphatic heterocycles. The summed E-state index contributed by atoms with van der Waals surface area (Å²) in [4.78, 5) is 0. The summed E-state index contributed by atoms with van der Waals surface area (Å²) < 4.78 is 21.4. The molecule has 1 aromatic carbocycles. The number of ether oxygens (including phenoxy) is 3. The Kier molecular flexibility index (Phi) is 6.77. The molecule has 0 amide bonds. The fraction of sp³-hybridized carbons (Fsp3) is 0.438. The lowest BCUT2D eigenvalue weighted by molar-refractivity contribution is 0.0617. The van der Waals surface area contributed by atoms with Gasteiger partial charge in [0.2, 0.25) is 0 Å².